The number of hydrogen-bond acceptors (Lipinski definition) is 5. The molecule has 0 radical (unpaired) electrons. The number of amides is 2. The molecule has 1 aliphatic rings. The fourth-order valence-corrected chi connectivity index (χ4v) is 5.07. The molecule has 0 spiro atoms. The lowest BCUT2D eigenvalue weighted by atomic mass is 10.1. The topological polar surface area (TPSA) is 92.3 Å². The normalized spacial score (nSPS) is 14.7. The average molecular weight is 419 g/mol. The van der Waals surface area contributed by atoms with Gasteiger partial charge in [0.2, 0.25) is 11.8 Å². The second-order valence-corrected chi connectivity index (χ2v) is 10.0. The van der Waals surface area contributed by atoms with Crippen LogP contribution in [-0.2, 0) is 25.8 Å². The minimum absolute atomic E-state index is 0.110. The molecule has 0 saturated heterocycles. The van der Waals surface area contributed by atoms with Crippen molar-refractivity contribution in [3.8, 4) is 0 Å². The maximum absolute atomic E-state index is 12.8. The fraction of sp³-hybridized carbons (Fsp3) is 0.300. The van der Waals surface area contributed by atoms with E-state index in [4.69, 9.17) is 0 Å². The fourth-order valence-electron chi connectivity index (χ4n) is 2.91. The Morgan fingerprint density at radius 3 is 2.71 bits per heavy atom. The minimum atomic E-state index is -3.68. The van der Waals surface area contributed by atoms with E-state index in [1.807, 2.05) is 30.3 Å². The van der Waals surface area contributed by atoms with E-state index < -0.39 is 15.1 Å². The van der Waals surface area contributed by atoms with Gasteiger partial charge in [-0.25, -0.2) is 8.42 Å². The summed E-state index contributed by atoms with van der Waals surface area (Å²) in [6.07, 6.45) is 0.575. The molecule has 1 atom stereocenters. The summed E-state index contributed by atoms with van der Waals surface area (Å²) in [5.41, 5.74) is 1.61. The largest absolute Gasteiger partial charge is 0.356 e. The molecule has 2 aromatic rings. The van der Waals surface area contributed by atoms with Gasteiger partial charge in [0, 0.05) is 17.9 Å². The van der Waals surface area contributed by atoms with E-state index >= 15 is 0 Å². The van der Waals surface area contributed by atoms with Gasteiger partial charge in [-0.05, 0) is 37.1 Å². The molecular weight excluding hydrogens is 396 g/mol. The molecule has 1 aliphatic heterocycles. The summed E-state index contributed by atoms with van der Waals surface area (Å²) in [6.45, 7) is 1.98. The predicted molar refractivity (Wildman–Crippen MR) is 110 cm³/mol. The molecule has 0 fully saturated rings. The minimum Gasteiger partial charge on any atom is -0.356 e. The van der Waals surface area contributed by atoms with Crippen molar-refractivity contribution >= 4 is 39.1 Å². The number of hydrogen-bond donors (Lipinski definition) is 2. The SMILES string of the molecule is C[C@@H](CC(=O)NCCc1ccccc1)S(=O)(=O)c1ccc2c(c1)NC(=O)CS2. The molecule has 0 bridgehead atoms. The molecule has 3 rings (SSSR count). The van der Waals surface area contributed by atoms with Crippen LogP contribution in [0.15, 0.2) is 58.3 Å². The van der Waals surface area contributed by atoms with Crippen molar-refractivity contribution in [1.29, 1.82) is 0 Å². The first-order chi connectivity index (χ1) is 13.4. The third kappa shape index (κ3) is 4.94. The number of rotatable bonds is 7. The number of benzene rings is 2. The van der Waals surface area contributed by atoms with E-state index in [9.17, 15) is 18.0 Å². The highest BCUT2D eigenvalue weighted by Crippen LogP contribution is 2.34. The van der Waals surface area contributed by atoms with E-state index in [0.717, 1.165) is 10.5 Å². The zero-order valence-corrected chi connectivity index (χ0v) is 17.1. The molecule has 2 N–H and O–H groups in total. The summed E-state index contributed by atoms with van der Waals surface area (Å²) in [5, 5.41) is 4.60. The Bertz CT molecular complexity index is 975. The Morgan fingerprint density at radius 1 is 1.21 bits per heavy atom. The summed E-state index contributed by atoms with van der Waals surface area (Å²) in [5.74, 6) is -0.134. The molecule has 148 valence electrons. The highest BCUT2D eigenvalue weighted by Gasteiger charge is 2.27. The number of thioether (sulfide) groups is 1. The lowest BCUT2D eigenvalue weighted by Crippen LogP contribution is -2.31. The van der Waals surface area contributed by atoms with Crippen LogP contribution in [0.4, 0.5) is 5.69 Å². The number of carbonyl (C=O) groups excluding carboxylic acids is 2. The molecule has 0 aromatic heterocycles. The molecule has 0 saturated carbocycles. The highest BCUT2D eigenvalue weighted by atomic mass is 32.2. The maximum atomic E-state index is 12.8. The first-order valence-corrected chi connectivity index (χ1v) is 11.5. The van der Waals surface area contributed by atoms with E-state index in [1.165, 1.54) is 30.8 Å². The molecule has 0 unspecified atom stereocenters. The highest BCUT2D eigenvalue weighted by molar-refractivity contribution is 8.00. The zero-order chi connectivity index (χ0) is 20.1. The van der Waals surface area contributed by atoms with Crippen molar-refractivity contribution in [2.45, 2.75) is 34.8 Å². The summed E-state index contributed by atoms with van der Waals surface area (Å²) in [4.78, 5) is 24.6. The lowest BCUT2D eigenvalue weighted by molar-refractivity contribution is -0.121. The first-order valence-electron chi connectivity index (χ1n) is 8.97. The standard InChI is InChI=1S/C20H22N2O4S2/c1-14(11-19(23)21-10-9-15-5-3-2-4-6-15)28(25,26)16-7-8-18-17(12-16)22-20(24)13-27-18/h2-8,12,14H,9-11,13H2,1H3,(H,21,23)(H,22,24)/t14-/m0/s1. The quantitative estimate of drug-likeness (QED) is 0.721. The Kier molecular flexibility index (Phi) is 6.41. The summed E-state index contributed by atoms with van der Waals surface area (Å²) in [7, 11) is -3.68. The van der Waals surface area contributed by atoms with Crippen molar-refractivity contribution in [2.24, 2.45) is 0 Å². The van der Waals surface area contributed by atoms with Gasteiger partial charge in [-0.15, -0.1) is 11.8 Å². The number of anilines is 1. The van der Waals surface area contributed by atoms with Gasteiger partial charge in [0.1, 0.15) is 0 Å². The number of nitrogens with one attached hydrogen (secondary N) is 2. The van der Waals surface area contributed by atoms with Crippen molar-refractivity contribution in [2.75, 3.05) is 17.6 Å². The van der Waals surface area contributed by atoms with Crippen molar-refractivity contribution in [1.82, 2.24) is 5.32 Å². The molecule has 0 aliphatic carbocycles. The van der Waals surface area contributed by atoms with E-state index in [2.05, 4.69) is 10.6 Å². The van der Waals surface area contributed by atoms with Crippen LogP contribution >= 0.6 is 11.8 Å². The van der Waals surface area contributed by atoms with Crippen LogP contribution in [0.2, 0.25) is 0 Å². The smallest absolute Gasteiger partial charge is 0.234 e. The first kappa shape index (κ1) is 20.4. The van der Waals surface area contributed by atoms with Crippen LogP contribution in [0.3, 0.4) is 0 Å². The molecule has 28 heavy (non-hydrogen) atoms. The monoisotopic (exact) mass is 418 g/mol. The Balaban J connectivity index is 1.59. The van der Waals surface area contributed by atoms with Crippen molar-refractivity contribution in [3.05, 3.63) is 54.1 Å². The summed E-state index contributed by atoms with van der Waals surface area (Å²) < 4.78 is 25.7. The van der Waals surface area contributed by atoms with E-state index in [1.54, 1.807) is 6.07 Å². The van der Waals surface area contributed by atoms with Gasteiger partial charge >= 0.3 is 0 Å². The van der Waals surface area contributed by atoms with Crippen molar-refractivity contribution in [3.63, 3.8) is 0 Å². The third-order valence-corrected chi connectivity index (χ3v) is 7.70. The van der Waals surface area contributed by atoms with Crippen LogP contribution in [0.5, 0.6) is 0 Å². The number of carbonyl (C=O) groups is 2. The predicted octanol–water partition coefficient (Wildman–Crippen LogP) is 2.64. The van der Waals surface area contributed by atoms with Crippen LogP contribution in [-0.4, -0.2) is 37.8 Å². The lowest BCUT2D eigenvalue weighted by Gasteiger charge is -2.18. The summed E-state index contributed by atoms with van der Waals surface area (Å²) >= 11 is 1.37. The Labute approximate surface area is 169 Å². The van der Waals surface area contributed by atoms with Gasteiger partial charge in [0.05, 0.1) is 21.6 Å². The van der Waals surface area contributed by atoms with Gasteiger partial charge in [0.25, 0.3) is 0 Å². The van der Waals surface area contributed by atoms with Crippen LogP contribution in [0, 0.1) is 0 Å². The molecule has 1 heterocycles. The van der Waals surface area contributed by atoms with Crippen LogP contribution < -0.4 is 10.6 Å². The van der Waals surface area contributed by atoms with E-state index in [-0.39, 0.29) is 23.1 Å². The van der Waals surface area contributed by atoms with Gasteiger partial charge in [-0.1, -0.05) is 30.3 Å². The zero-order valence-electron chi connectivity index (χ0n) is 15.5. The molecular formula is C20H22N2O4S2. The van der Waals surface area contributed by atoms with Gasteiger partial charge in [-0.3, -0.25) is 9.59 Å². The summed E-state index contributed by atoms with van der Waals surface area (Å²) in [6, 6.07) is 14.5. The van der Waals surface area contributed by atoms with E-state index in [0.29, 0.717) is 24.4 Å². The third-order valence-electron chi connectivity index (χ3n) is 4.49. The van der Waals surface area contributed by atoms with Gasteiger partial charge < -0.3 is 10.6 Å². The molecule has 6 nitrogen and oxygen atoms in total. The van der Waals surface area contributed by atoms with Crippen LogP contribution in [0.25, 0.3) is 0 Å². The number of sulfone groups is 1. The van der Waals surface area contributed by atoms with Crippen molar-refractivity contribution < 1.29 is 18.0 Å². The Hall–Kier alpha value is -2.32. The van der Waals surface area contributed by atoms with Gasteiger partial charge in [-0.2, -0.15) is 0 Å². The molecule has 2 amide bonds. The molecule has 2 aromatic carbocycles. The number of fused-ring (bicyclic) bond motifs is 1. The van der Waals surface area contributed by atoms with Gasteiger partial charge in [0.15, 0.2) is 9.84 Å². The average Bonchev–Trinajstić information content (AvgIpc) is 2.68. The molecule has 8 heteroatoms. The maximum Gasteiger partial charge on any atom is 0.234 e. The van der Waals surface area contributed by atoms with Crippen LogP contribution in [0.1, 0.15) is 18.9 Å². The Morgan fingerprint density at radius 2 is 1.96 bits per heavy atom. The second-order valence-electron chi connectivity index (χ2n) is 6.64. The second kappa shape index (κ2) is 8.79.